The van der Waals surface area contributed by atoms with Gasteiger partial charge in [-0.2, -0.15) is 0 Å². The average molecular weight is 509 g/mol. The molecule has 0 fully saturated rings. The highest BCUT2D eigenvalue weighted by Crippen LogP contribution is 2.36. The maximum Gasteiger partial charge on any atom is 0.256 e. The lowest BCUT2D eigenvalue weighted by molar-refractivity contribution is -0.118. The number of carbonyl (C=O) groups excluding carboxylic acids is 3. The van der Waals surface area contributed by atoms with E-state index in [1.165, 1.54) is 0 Å². The molecule has 10 nitrogen and oxygen atoms in total. The van der Waals surface area contributed by atoms with Gasteiger partial charge in [0.05, 0.1) is 11.1 Å². The molecule has 0 bridgehead atoms. The van der Waals surface area contributed by atoms with Gasteiger partial charge in [0.15, 0.2) is 0 Å². The first-order valence-electron chi connectivity index (χ1n) is 12.3. The minimum absolute atomic E-state index is 0.0213. The second-order valence-electron chi connectivity index (χ2n) is 8.70. The van der Waals surface area contributed by atoms with Crippen LogP contribution >= 0.6 is 0 Å². The molecule has 3 heterocycles. The number of nitrogens with zero attached hydrogens (tertiary/aromatic N) is 3. The molecule has 1 aromatic carbocycles. The van der Waals surface area contributed by atoms with Gasteiger partial charge in [-0.25, -0.2) is 5.26 Å². The first kappa shape index (κ1) is 29.3. The smallest absolute Gasteiger partial charge is 0.256 e. The second kappa shape index (κ2) is 13.4. The molecular weight excluding hydrogens is 472 g/mol. The van der Waals surface area contributed by atoms with Crippen molar-refractivity contribution >= 4 is 40.7 Å². The number of H-pyrrole nitrogens is 1. The number of aromatic nitrogens is 1. The Hall–Kier alpha value is -3.94. The summed E-state index contributed by atoms with van der Waals surface area (Å²) >= 11 is 0. The normalized spacial score (nSPS) is 15.1. The van der Waals surface area contributed by atoms with E-state index in [2.05, 4.69) is 27.1 Å². The van der Waals surface area contributed by atoms with Gasteiger partial charge in [-0.05, 0) is 63.7 Å². The first-order valence-corrected chi connectivity index (χ1v) is 12.3. The average Bonchev–Trinajstić information content (AvgIpc) is 3.32. The number of aryl methyl sites for hydroxylation is 1. The molecule has 0 saturated carbocycles. The van der Waals surface area contributed by atoms with Gasteiger partial charge in [-0.3, -0.25) is 14.4 Å². The highest BCUT2D eigenvalue weighted by Gasteiger charge is 2.29. The maximum absolute atomic E-state index is 13.3. The fourth-order valence-electron chi connectivity index (χ4n) is 4.30. The third kappa shape index (κ3) is 6.64. The van der Waals surface area contributed by atoms with Crippen molar-refractivity contribution in [3.05, 3.63) is 46.3 Å². The van der Waals surface area contributed by atoms with Gasteiger partial charge in [0, 0.05) is 54.5 Å². The van der Waals surface area contributed by atoms with Crippen LogP contribution in [0, 0.1) is 18.8 Å². The van der Waals surface area contributed by atoms with Crippen LogP contribution in [0.5, 0.6) is 0 Å². The van der Waals surface area contributed by atoms with Crippen molar-refractivity contribution in [1.29, 1.82) is 5.26 Å². The Kier molecular flexibility index (Phi) is 10.6. The zero-order chi connectivity index (χ0) is 27.7. The Balaban J connectivity index is 0.00000115. The number of rotatable bonds is 6. The van der Waals surface area contributed by atoms with Crippen LogP contribution in [0.25, 0.3) is 11.6 Å². The summed E-state index contributed by atoms with van der Waals surface area (Å²) in [5, 5.41) is 20.9. The van der Waals surface area contributed by atoms with Crippen LogP contribution in [-0.4, -0.2) is 77.9 Å². The second-order valence-corrected chi connectivity index (χ2v) is 8.70. The zero-order valence-electron chi connectivity index (χ0n) is 22.1. The van der Waals surface area contributed by atoms with E-state index < -0.39 is 12.5 Å². The van der Waals surface area contributed by atoms with Crippen molar-refractivity contribution in [2.45, 2.75) is 33.6 Å². The van der Waals surface area contributed by atoms with E-state index in [1.54, 1.807) is 24.3 Å². The van der Waals surface area contributed by atoms with Gasteiger partial charge in [-0.1, -0.05) is 13.8 Å². The number of hydrogen-bond donors (Lipinski definition) is 4. The van der Waals surface area contributed by atoms with Gasteiger partial charge in [-0.15, -0.1) is 0 Å². The predicted octanol–water partition coefficient (Wildman–Crippen LogP) is 2.86. The number of benzene rings is 1. The third-order valence-corrected chi connectivity index (χ3v) is 6.06. The van der Waals surface area contributed by atoms with Crippen molar-refractivity contribution in [3.8, 4) is 6.57 Å². The minimum Gasteiger partial charge on any atom is -0.387 e. The number of likely N-dealkylation sites (N-methyl/N-ethyl adjacent to an activating group) is 1. The molecule has 10 heteroatoms. The number of anilines is 2. The number of aliphatic hydroxyl groups is 1. The van der Waals surface area contributed by atoms with Crippen molar-refractivity contribution in [1.82, 2.24) is 14.8 Å². The summed E-state index contributed by atoms with van der Waals surface area (Å²) in [6.45, 7) is 11.0. The molecule has 2 aliphatic rings. The Labute approximate surface area is 218 Å². The number of nitrogens with one attached hydrogen (secondary N) is 3. The van der Waals surface area contributed by atoms with Crippen LogP contribution in [0.3, 0.4) is 0 Å². The molecular formula is C27H36N6O4. The lowest BCUT2D eigenvalue weighted by atomic mass is 10.0. The Morgan fingerprint density at radius 2 is 1.97 bits per heavy atom. The SMILES string of the molecule is C#N.CC.Cc1c(/C=C2\C(=O)Nc3ccc(NC(=O)CO)cc32)[nH]c2c1C(=O)N(CCN(C)C)CCC2. The summed E-state index contributed by atoms with van der Waals surface area (Å²) in [4.78, 5) is 44.9. The van der Waals surface area contributed by atoms with Gasteiger partial charge in [0.25, 0.3) is 11.8 Å². The number of fused-ring (bicyclic) bond motifs is 2. The number of hydrogen-bond acceptors (Lipinski definition) is 6. The predicted molar refractivity (Wildman–Crippen MR) is 145 cm³/mol. The van der Waals surface area contributed by atoms with Gasteiger partial charge in [0.1, 0.15) is 6.61 Å². The number of amides is 3. The Bertz CT molecular complexity index is 1190. The van der Waals surface area contributed by atoms with Crippen LogP contribution in [0.4, 0.5) is 11.4 Å². The van der Waals surface area contributed by atoms with E-state index in [0.717, 1.165) is 42.9 Å². The molecule has 4 rings (SSSR count). The highest BCUT2D eigenvalue weighted by atomic mass is 16.3. The quantitative estimate of drug-likeness (QED) is 0.442. The van der Waals surface area contributed by atoms with E-state index in [4.69, 9.17) is 10.4 Å². The third-order valence-electron chi connectivity index (χ3n) is 6.06. The van der Waals surface area contributed by atoms with E-state index >= 15 is 0 Å². The van der Waals surface area contributed by atoms with Crippen LogP contribution in [-0.2, 0) is 16.0 Å². The summed E-state index contributed by atoms with van der Waals surface area (Å²) in [5.41, 5.74) is 5.38. The number of carbonyl (C=O) groups is 3. The Morgan fingerprint density at radius 3 is 2.62 bits per heavy atom. The Morgan fingerprint density at radius 1 is 1.27 bits per heavy atom. The molecule has 0 aliphatic carbocycles. The number of aliphatic hydroxyl groups excluding tert-OH is 1. The van der Waals surface area contributed by atoms with Crippen molar-refractivity contribution in [3.63, 3.8) is 0 Å². The summed E-state index contributed by atoms with van der Waals surface area (Å²) in [5.74, 6) is -0.758. The summed E-state index contributed by atoms with van der Waals surface area (Å²) in [7, 11) is 3.98. The van der Waals surface area contributed by atoms with Crippen molar-refractivity contribution in [2.24, 2.45) is 0 Å². The molecule has 2 aliphatic heterocycles. The first-order chi connectivity index (χ1) is 17.8. The minimum atomic E-state index is -0.621. The molecule has 0 atom stereocenters. The van der Waals surface area contributed by atoms with Gasteiger partial charge >= 0.3 is 0 Å². The van der Waals surface area contributed by atoms with Gasteiger partial charge < -0.3 is 30.5 Å². The van der Waals surface area contributed by atoms with E-state index in [-0.39, 0.29) is 11.8 Å². The summed E-state index contributed by atoms with van der Waals surface area (Å²) < 4.78 is 0. The standard InChI is InChI=1S/C24H29N5O4.C2H6.CHN/c1-14-20(26-19-5-4-8-29(10-9-28(2)3)24(33)22(14)19)12-17-16-11-15(25-21(31)13-30)6-7-18(16)27-23(17)32;2*1-2/h6-7,11-12,26,30H,4-5,8-10,13H2,1-3H3,(H,25,31)(H,27,32);1-2H3;1H/b17-12-;;. The van der Waals surface area contributed by atoms with E-state index in [1.807, 2.05) is 39.8 Å². The van der Waals surface area contributed by atoms with Crippen LogP contribution < -0.4 is 10.6 Å². The van der Waals surface area contributed by atoms with E-state index in [9.17, 15) is 14.4 Å². The van der Waals surface area contributed by atoms with Gasteiger partial charge in [0.2, 0.25) is 5.91 Å². The fraction of sp³-hybridized carbons (Fsp3) is 0.407. The lowest BCUT2D eigenvalue weighted by Gasteiger charge is -2.23. The van der Waals surface area contributed by atoms with Crippen LogP contribution in [0.2, 0.25) is 0 Å². The van der Waals surface area contributed by atoms with Crippen LogP contribution in [0.15, 0.2) is 18.2 Å². The highest BCUT2D eigenvalue weighted by molar-refractivity contribution is 6.35. The summed E-state index contributed by atoms with van der Waals surface area (Å²) in [6, 6.07) is 5.08. The number of nitriles is 1. The van der Waals surface area contributed by atoms with Crippen molar-refractivity contribution in [2.75, 3.05) is 51.0 Å². The molecule has 4 N–H and O–H groups in total. The molecule has 0 radical (unpaired) electrons. The summed E-state index contributed by atoms with van der Waals surface area (Å²) in [6.07, 6.45) is 3.41. The molecule has 0 saturated heterocycles. The van der Waals surface area contributed by atoms with Crippen molar-refractivity contribution < 1.29 is 19.5 Å². The molecule has 37 heavy (non-hydrogen) atoms. The van der Waals surface area contributed by atoms with E-state index in [0.29, 0.717) is 34.6 Å². The topological polar surface area (TPSA) is 142 Å². The molecule has 1 aromatic heterocycles. The molecule has 0 unspecified atom stereocenters. The molecule has 0 spiro atoms. The lowest BCUT2D eigenvalue weighted by Crippen LogP contribution is -2.36. The monoisotopic (exact) mass is 508 g/mol. The molecule has 198 valence electrons. The maximum atomic E-state index is 13.3. The molecule has 3 amide bonds. The largest absolute Gasteiger partial charge is 0.387 e. The number of aromatic amines is 1. The molecule has 2 aromatic rings. The van der Waals surface area contributed by atoms with Crippen LogP contribution in [0.1, 0.15) is 53.1 Å². The zero-order valence-corrected chi connectivity index (χ0v) is 22.1. The fourth-order valence-corrected chi connectivity index (χ4v) is 4.30.